The third kappa shape index (κ3) is 4.79. The Hall–Kier alpha value is 0.500. The minimum absolute atomic E-state index is 0.0908. The molecule has 96 valence electrons. The maximum Gasteiger partial charge on any atom is 0.525 e. The van der Waals surface area contributed by atoms with E-state index in [2.05, 4.69) is 0 Å². The van der Waals surface area contributed by atoms with E-state index in [4.69, 9.17) is 25.2 Å². The Bertz CT molecular complexity index is 251. The quantitative estimate of drug-likeness (QED) is 0.480. The van der Waals surface area contributed by atoms with Crippen LogP contribution < -0.4 is 0 Å². The van der Waals surface area contributed by atoms with Crippen LogP contribution in [0.4, 0.5) is 0 Å². The van der Waals surface area contributed by atoms with Crippen molar-refractivity contribution in [3.05, 3.63) is 0 Å². The highest BCUT2D eigenvalue weighted by Crippen LogP contribution is 2.61. The minimum Gasteiger partial charge on any atom is -0.306 e. The maximum absolute atomic E-state index is 12.3. The zero-order chi connectivity index (χ0) is 12.6. The SMILES string of the molecule is CCO[P+](=O)C(CCl)P(=O)(OCC)OCC. The molecule has 0 bridgehead atoms. The van der Waals surface area contributed by atoms with Gasteiger partial charge in [0, 0.05) is 0 Å². The molecule has 2 unspecified atom stereocenters. The van der Waals surface area contributed by atoms with Crippen LogP contribution in [-0.4, -0.2) is 31.1 Å². The van der Waals surface area contributed by atoms with Crippen molar-refractivity contribution in [2.24, 2.45) is 0 Å². The summed E-state index contributed by atoms with van der Waals surface area (Å²) in [6.07, 6.45) is 0. The third-order valence-electron chi connectivity index (χ3n) is 1.62. The monoisotopic (exact) mass is 291 g/mol. The molecule has 0 radical (unpaired) electrons. The van der Waals surface area contributed by atoms with Gasteiger partial charge in [0.25, 0.3) is 5.40 Å². The van der Waals surface area contributed by atoms with Crippen molar-refractivity contribution in [2.75, 3.05) is 25.7 Å². The molecule has 0 rings (SSSR count). The molecule has 0 N–H and O–H groups in total. The topological polar surface area (TPSA) is 61.8 Å². The lowest BCUT2D eigenvalue weighted by Gasteiger charge is -2.17. The average molecular weight is 292 g/mol. The van der Waals surface area contributed by atoms with Gasteiger partial charge in [-0.1, -0.05) is 0 Å². The molecule has 16 heavy (non-hydrogen) atoms. The summed E-state index contributed by atoms with van der Waals surface area (Å²) in [5.41, 5.74) is 0. The van der Waals surface area contributed by atoms with Crippen molar-refractivity contribution in [1.29, 1.82) is 0 Å². The fourth-order valence-corrected chi connectivity index (χ4v) is 5.25. The molecule has 0 heterocycles. The molecule has 2 atom stereocenters. The normalized spacial score (nSPS) is 14.9. The fourth-order valence-electron chi connectivity index (χ4n) is 1.04. The summed E-state index contributed by atoms with van der Waals surface area (Å²) in [4.78, 5) is 0. The molecule has 0 saturated heterocycles. The first-order valence-corrected chi connectivity index (χ1v) is 8.49. The van der Waals surface area contributed by atoms with Gasteiger partial charge in [0.05, 0.1) is 25.7 Å². The predicted molar refractivity (Wildman–Crippen MR) is 64.6 cm³/mol. The van der Waals surface area contributed by atoms with E-state index in [-0.39, 0.29) is 25.7 Å². The Morgan fingerprint density at radius 1 is 1.19 bits per heavy atom. The Kier molecular flexibility index (Phi) is 8.84. The van der Waals surface area contributed by atoms with Crippen LogP contribution in [0.2, 0.25) is 0 Å². The van der Waals surface area contributed by atoms with Crippen LogP contribution in [0.1, 0.15) is 20.8 Å². The number of hydrogen-bond donors (Lipinski definition) is 0. The van der Waals surface area contributed by atoms with E-state index < -0.39 is 21.0 Å². The van der Waals surface area contributed by atoms with Crippen molar-refractivity contribution >= 4 is 27.2 Å². The van der Waals surface area contributed by atoms with E-state index in [0.29, 0.717) is 0 Å². The van der Waals surface area contributed by atoms with Gasteiger partial charge in [0.2, 0.25) is 0 Å². The van der Waals surface area contributed by atoms with Crippen LogP contribution >= 0.6 is 27.2 Å². The van der Waals surface area contributed by atoms with Crippen LogP contribution in [0.3, 0.4) is 0 Å². The van der Waals surface area contributed by atoms with Crippen LogP contribution in [0.5, 0.6) is 0 Å². The van der Waals surface area contributed by atoms with Gasteiger partial charge in [-0.25, -0.2) is 0 Å². The van der Waals surface area contributed by atoms with E-state index in [0.717, 1.165) is 0 Å². The zero-order valence-electron chi connectivity index (χ0n) is 9.72. The van der Waals surface area contributed by atoms with Crippen molar-refractivity contribution < 1.29 is 22.7 Å². The van der Waals surface area contributed by atoms with Gasteiger partial charge in [-0.2, -0.15) is 0 Å². The second kappa shape index (κ2) is 8.57. The molecule has 0 aromatic carbocycles. The molecule has 0 spiro atoms. The highest BCUT2D eigenvalue weighted by atomic mass is 35.5. The van der Waals surface area contributed by atoms with Gasteiger partial charge in [-0.3, -0.25) is 4.57 Å². The summed E-state index contributed by atoms with van der Waals surface area (Å²) >= 11 is 5.66. The van der Waals surface area contributed by atoms with E-state index in [9.17, 15) is 9.13 Å². The Morgan fingerprint density at radius 2 is 1.69 bits per heavy atom. The number of halogens is 1. The second-order valence-electron chi connectivity index (χ2n) is 2.71. The number of rotatable bonds is 9. The van der Waals surface area contributed by atoms with E-state index in [1.807, 2.05) is 0 Å². The van der Waals surface area contributed by atoms with Crippen LogP contribution in [0.25, 0.3) is 0 Å². The lowest BCUT2D eigenvalue weighted by Crippen LogP contribution is -2.12. The van der Waals surface area contributed by atoms with Crippen molar-refractivity contribution in [3.8, 4) is 0 Å². The van der Waals surface area contributed by atoms with Crippen molar-refractivity contribution in [2.45, 2.75) is 26.2 Å². The standard InChI is InChI=1S/C8H18ClO5P2/c1-4-12-15(10)8(7-9)16(11,13-5-2)14-6-3/h8H,4-7H2,1-3H3/q+1. The second-order valence-corrected chi connectivity index (χ2v) is 7.10. The summed E-state index contributed by atoms with van der Waals surface area (Å²) in [5.74, 6) is -0.0908. The van der Waals surface area contributed by atoms with E-state index >= 15 is 0 Å². The van der Waals surface area contributed by atoms with Gasteiger partial charge >= 0.3 is 15.6 Å². The smallest absolute Gasteiger partial charge is 0.306 e. The number of hydrogen-bond acceptors (Lipinski definition) is 5. The van der Waals surface area contributed by atoms with Gasteiger partial charge in [-0.05, 0) is 25.3 Å². The zero-order valence-corrected chi connectivity index (χ0v) is 12.3. The van der Waals surface area contributed by atoms with Crippen LogP contribution in [-0.2, 0) is 22.7 Å². The molecular formula is C8H18ClO5P2+. The molecule has 0 amide bonds. The van der Waals surface area contributed by atoms with Gasteiger partial charge in [-0.15, -0.1) is 16.1 Å². The maximum atomic E-state index is 12.3. The summed E-state index contributed by atoms with van der Waals surface area (Å²) in [5, 5.41) is -0.913. The molecule has 0 aliphatic carbocycles. The van der Waals surface area contributed by atoms with E-state index in [1.54, 1.807) is 20.8 Å². The molecule has 5 nitrogen and oxygen atoms in total. The molecule has 0 aliphatic rings. The van der Waals surface area contributed by atoms with Gasteiger partial charge in [0.1, 0.15) is 0 Å². The fraction of sp³-hybridized carbons (Fsp3) is 1.00. The third-order valence-corrected chi connectivity index (χ3v) is 7.10. The minimum atomic E-state index is -3.46. The molecule has 0 aliphatic heterocycles. The van der Waals surface area contributed by atoms with Crippen molar-refractivity contribution in [3.63, 3.8) is 0 Å². The summed E-state index contributed by atoms with van der Waals surface area (Å²) in [7, 11) is -5.61. The van der Waals surface area contributed by atoms with Gasteiger partial charge in [0.15, 0.2) is 0 Å². The van der Waals surface area contributed by atoms with Crippen LogP contribution in [0, 0.1) is 0 Å². The highest BCUT2D eigenvalue weighted by molar-refractivity contribution is 7.67. The van der Waals surface area contributed by atoms with Gasteiger partial charge < -0.3 is 9.05 Å². The summed E-state index contributed by atoms with van der Waals surface area (Å²) in [6, 6.07) is 0. The first kappa shape index (κ1) is 16.5. The highest BCUT2D eigenvalue weighted by Gasteiger charge is 2.50. The molecule has 0 saturated carbocycles. The molecule has 8 heteroatoms. The van der Waals surface area contributed by atoms with E-state index in [1.165, 1.54) is 0 Å². The largest absolute Gasteiger partial charge is 0.525 e. The predicted octanol–water partition coefficient (Wildman–Crippen LogP) is 3.60. The first-order valence-electron chi connectivity index (χ1n) is 5.09. The van der Waals surface area contributed by atoms with Crippen molar-refractivity contribution in [1.82, 2.24) is 0 Å². The summed E-state index contributed by atoms with van der Waals surface area (Å²) in [6.45, 7) is 5.75. The Morgan fingerprint density at radius 3 is 2.00 bits per heavy atom. The molecule has 0 aromatic heterocycles. The Balaban J connectivity index is 4.83. The number of alkyl halides is 1. The lowest BCUT2D eigenvalue weighted by atomic mass is 10.9. The summed E-state index contributed by atoms with van der Waals surface area (Å²) < 4.78 is 39.0. The average Bonchev–Trinajstić information content (AvgIpc) is 2.19. The first-order chi connectivity index (χ1) is 7.55. The molecular weight excluding hydrogens is 273 g/mol. The molecule has 0 aromatic rings. The lowest BCUT2D eigenvalue weighted by molar-refractivity contribution is 0.217. The van der Waals surface area contributed by atoms with Crippen LogP contribution in [0.15, 0.2) is 0 Å². The molecule has 0 fully saturated rings. The Labute approximate surface area is 102 Å².